The minimum atomic E-state index is 0.854. The highest BCUT2D eigenvalue weighted by Crippen LogP contribution is 2.26. The Morgan fingerprint density at radius 2 is 2.06 bits per heavy atom. The van der Waals surface area contributed by atoms with Gasteiger partial charge in [0.15, 0.2) is 0 Å². The molecule has 0 aromatic carbocycles. The van der Waals surface area contributed by atoms with Crippen molar-refractivity contribution in [3.63, 3.8) is 0 Å². The van der Waals surface area contributed by atoms with Crippen molar-refractivity contribution in [3.8, 4) is 0 Å². The molecule has 0 aliphatic heterocycles. The SMILES string of the molecule is CCCCOCCNCCN(C)CC1CCC1. The predicted octanol–water partition coefficient (Wildman–Crippen LogP) is 2.12. The highest BCUT2D eigenvalue weighted by Gasteiger charge is 2.18. The third-order valence-electron chi connectivity index (χ3n) is 3.53. The van der Waals surface area contributed by atoms with Gasteiger partial charge in [-0.2, -0.15) is 0 Å². The van der Waals surface area contributed by atoms with Gasteiger partial charge in [0.25, 0.3) is 0 Å². The Hall–Kier alpha value is -0.120. The van der Waals surface area contributed by atoms with Gasteiger partial charge in [0.2, 0.25) is 0 Å². The van der Waals surface area contributed by atoms with Crippen LogP contribution in [0.2, 0.25) is 0 Å². The maximum absolute atomic E-state index is 5.50. The van der Waals surface area contributed by atoms with Crippen LogP contribution in [0.3, 0.4) is 0 Å². The van der Waals surface area contributed by atoms with Gasteiger partial charge in [0, 0.05) is 32.8 Å². The van der Waals surface area contributed by atoms with E-state index in [0.29, 0.717) is 0 Å². The molecule has 1 fully saturated rings. The molecular formula is C14H30N2O. The monoisotopic (exact) mass is 242 g/mol. The molecule has 1 aliphatic carbocycles. The number of likely N-dealkylation sites (N-methyl/N-ethyl adjacent to an activating group) is 1. The number of nitrogens with zero attached hydrogens (tertiary/aromatic N) is 1. The molecule has 0 unspecified atom stereocenters. The van der Waals surface area contributed by atoms with Crippen LogP contribution in [0.25, 0.3) is 0 Å². The summed E-state index contributed by atoms with van der Waals surface area (Å²) in [5.74, 6) is 0.984. The van der Waals surface area contributed by atoms with Crippen molar-refractivity contribution in [2.45, 2.75) is 39.0 Å². The summed E-state index contributed by atoms with van der Waals surface area (Å²) in [6.45, 7) is 8.48. The maximum atomic E-state index is 5.50. The standard InChI is InChI=1S/C14H30N2O/c1-3-4-11-17-12-9-15-8-10-16(2)13-14-6-5-7-14/h14-15H,3-13H2,1-2H3. The van der Waals surface area contributed by atoms with Crippen molar-refractivity contribution in [1.29, 1.82) is 0 Å². The molecule has 1 N–H and O–H groups in total. The first-order valence-corrected chi connectivity index (χ1v) is 7.30. The van der Waals surface area contributed by atoms with E-state index in [1.54, 1.807) is 0 Å². The molecule has 17 heavy (non-hydrogen) atoms. The number of hydrogen-bond acceptors (Lipinski definition) is 3. The van der Waals surface area contributed by atoms with E-state index >= 15 is 0 Å². The summed E-state index contributed by atoms with van der Waals surface area (Å²) in [7, 11) is 2.23. The summed E-state index contributed by atoms with van der Waals surface area (Å²) in [5, 5.41) is 3.44. The van der Waals surface area contributed by atoms with Crippen LogP contribution in [-0.2, 0) is 4.74 Å². The predicted molar refractivity (Wildman–Crippen MR) is 73.4 cm³/mol. The summed E-state index contributed by atoms with van der Waals surface area (Å²) < 4.78 is 5.50. The lowest BCUT2D eigenvalue weighted by molar-refractivity contribution is 0.132. The third kappa shape index (κ3) is 7.74. The molecule has 1 aliphatic rings. The molecular weight excluding hydrogens is 212 g/mol. The fraction of sp³-hybridized carbons (Fsp3) is 1.00. The minimum Gasteiger partial charge on any atom is -0.380 e. The lowest BCUT2D eigenvalue weighted by atomic mass is 9.85. The Morgan fingerprint density at radius 1 is 1.24 bits per heavy atom. The van der Waals surface area contributed by atoms with Crippen LogP contribution >= 0.6 is 0 Å². The molecule has 0 atom stereocenters. The van der Waals surface area contributed by atoms with Crippen LogP contribution in [0.15, 0.2) is 0 Å². The second kappa shape index (κ2) is 9.86. The highest BCUT2D eigenvalue weighted by atomic mass is 16.5. The van der Waals surface area contributed by atoms with Crippen molar-refractivity contribution >= 4 is 0 Å². The third-order valence-corrected chi connectivity index (χ3v) is 3.53. The van der Waals surface area contributed by atoms with Crippen molar-refractivity contribution in [3.05, 3.63) is 0 Å². The average Bonchev–Trinajstić information content (AvgIpc) is 2.27. The van der Waals surface area contributed by atoms with E-state index in [1.807, 2.05) is 0 Å². The van der Waals surface area contributed by atoms with Crippen molar-refractivity contribution < 1.29 is 4.74 Å². The zero-order valence-corrected chi connectivity index (χ0v) is 11.7. The first kappa shape index (κ1) is 14.9. The molecule has 1 rings (SSSR count). The summed E-state index contributed by atoms with van der Waals surface area (Å²) in [6.07, 6.45) is 6.75. The Morgan fingerprint density at radius 3 is 2.71 bits per heavy atom. The zero-order valence-electron chi connectivity index (χ0n) is 11.7. The largest absolute Gasteiger partial charge is 0.380 e. The first-order valence-electron chi connectivity index (χ1n) is 7.30. The molecule has 0 saturated heterocycles. The minimum absolute atomic E-state index is 0.854. The summed E-state index contributed by atoms with van der Waals surface area (Å²) in [6, 6.07) is 0. The Kier molecular flexibility index (Phi) is 8.67. The zero-order chi connectivity index (χ0) is 12.3. The van der Waals surface area contributed by atoms with E-state index < -0.39 is 0 Å². The number of nitrogens with one attached hydrogen (secondary N) is 1. The van der Waals surface area contributed by atoms with Crippen LogP contribution in [0.4, 0.5) is 0 Å². The Labute approximate surface area is 107 Å². The second-order valence-corrected chi connectivity index (χ2v) is 5.28. The fourth-order valence-corrected chi connectivity index (χ4v) is 2.10. The van der Waals surface area contributed by atoms with Gasteiger partial charge in [-0.15, -0.1) is 0 Å². The van der Waals surface area contributed by atoms with E-state index in [4.69, 9.17) is 4.74 Å². The molecule has 1 saturated carbocycles. The van der Waals surface area contributed by atoms with Crippen molar-refractivity contribution in [2.24, 2.45) is 5.92 Å². The maximum Gasteiger partial charge on any atom is 0.0590 e. The van der Waals surface area contributed by atoms with Crippen LogP contribution in [0.5, 0.6) is 0 Å². The van der Waals surface area contributed by atoms with Gasteiger partial charge in [0.05, 0.1) is 6.61 Å². The first-order chi connectivity index (χ1) is 8.33. The van der Waals surface area contributed by atoms with E-state index in [9.17, 15) is 0 Å². The number of hydrogen-bond donors (Lipinski definition) is 1. The fourth-order valence-electron chi connectivity index (χ4n) is 2.10. The van der Waals surface area contributed by atoms with Gasteiger partial charge >= 0.3 is 0 Å². The highest BCUT2D eigenvalue weighted by molar-refractivity contribution is 4.72. The lowest BCUT2D eigenvalue weighted by Crippen LogP contribution is -2.35. The van der Waals surface area contributed by atoms with Gasteiger partial charge < -0.3 is 15.0 Å². The normalized spacial score (nSPS) is 16.4. The molecule has 0 bridgehead atoms. The quantitative estimate of drug-likeness (QED) is 0.562. The van der Waals surface area contributed by atoms with Crippen molar-refractivity contribution in [2.75, 3.05) is 46.4 Å². The Balaban J connectivity index is 1.76. The van der Waals surface area contributed by atoms with Gasteiger partial charge in [-0.3, -0.25) is 0 Å². The van der Waals surface area contributed by atoms with Crippen LogP contribution in [-0.4, -0.2) is 51.3 Å². The molecule has 0 radical (unpaired) electrons. The molecule has 0 aromatic heterocycles. The molecule has 102 valence electrons. The van der Waals surface area contributed by atoms with E-state index in [0.717, 1.165) is 38.8 Å². The number of rotatable bonds is 11. The molecule has 0 aromatic rings. The number of ether oxygens (including phenoxy) is 1. The summed E-state index contributed by atoms with van der Waals surface area (Å²) in [4.78, 5) is 2.45. The molecule has 0 amide bonds. The summed E-state index contributed by atoms with van der Waals surface area (Å²) >= 11 is 0. The van der Waals surface area contributed by atoms with Gasteiger partial charge in [0.1, 0.15) is 0 Å². The number of unbranched alkanes of at least 4 members (excludes halogenated alkanes) is 1. The van der Waals surface area contributed by atoms with Crippen LogP contribution < -0.4 is 5.32 Å². The van der Waals surface area contributed by atoms with Crippen molar-refractivity contribution in [1.82, 2.24) is 10.2 Å². The molecule has 0 heterocycles. The van der Waals surface area contributed by atoms with E-state index in [2.05, 4.69) is 24.2 Å². The van der Waals surface area contributed by atoms with Gasteiger partial charge in [-0.25, -0.2) is 0 Å². The van der Waals surface area contributed by atoms with Gasteiger partial charge in [-0.05, 0) is 32.2 Å². The van der Waals surface area contributed by atoms with Gasteiger partial charge in [-0.1, -0.05) is 19.8 Å². The second-order valence-electron chi connectivity index (χ2n) is 5.28. The summed E-state index contributed by atoms with van der Waals surface area (Å²) in [5.41, 5.74) is 0. The van der Waals surface area contributed by atoms with Crippen LogP contribution in [0.1, 0.15) is 39.0 Å². The lowest BCUT2D eigenvalue weighted by Gasteiger charge is -2.30. The molecule has 3 heteroatoms. The Bertz CT molecular complexity index is 172. The van der Waals surface area contributed by atoms with E-state index in [1.165, 1.54) is 38.6 Å². The van der Waals surface area contributed by atoms with Crippen LogP contribution in [0, 0.1) is 5.92 Å². The van der Waals surface area contributed by atoms with E-state index in [-0.39, 0.29) is 0 Å². The topological polar surface area (TPSA) is 24.5 Å². The molecule has 3 nitrogen and oxygen atoms in total. The average molecular weight is 242 g/mol. The molecule has 0 spiro atoms. The smallest absolute Gasteiger partial charge is 0.0590 e.